The van der Waals surface area contributed by atoms with Crippen molar-refractivity contribution in [2.75, 3.05) is 6.54 Å². The Balaban J connectivity index is 1.88. The third-order valence-corrected chi connectivity index (χ3v) is 2.12. The van der Waals surface area contributed by atoms with Crippen molar-refractivity contribution in [3.63, 3.8) is 0 Å². The molecule has 1 unspecified atom stereocenters. The summed E-state index contributed by atoms with van der Waals surface area (Å²) in [5.74, 6) is 0. The molecule has 0 bridgehead atoms. The number of hydrogen-bond donors (Lipinski definition) is 1. The third kappa shape index (κ3) is 3.67. The lowest BCUT2D eigenvalue weighted by Gasteiger charge is -2.06. The van der Waals surface area contributed by atoms with E-state index in [1.54, 1.807) is 0 Å². The fourth-order valence-corrected chi connectivity index (χ4v) is 1.40. The molecule has 1 aliphatic rings. The predicted octanol–water partition coefficient (Wildman–Crippen LogP) is 2.12. The predicted molar refractivity (Wildman–Crippen MR) is 53.6 cm³/mol. The molecule has 1 heterocycles. The van der Waals surface area contributed by atoms with E-state index in [9.17, 15) is 0 Å². The summed E-state index contributed by atoms with van der Waals surface area (Å²) in [6, 6.07) is 0. The molecule has 1 atom stereocenters. The number of nitrogens with zero attached hydrogens (tertiary/aromatic N) is 1. The van der Waals surface area contributed by atoms with Gasteiger partial charge >= 0.3 is 0 Å². The molecule has 2 nitrogen and oxygen atoms in total. The van der Waals surface area contributed by atoms with E-state index < -0.39 is 0 Å². The van der Waals surface area contributed by atoms with Gasteiger partial charge in [0.25, 0.3) is 0 Å². The lowest BCUT2D eigenvalue weighted by molar-refractivity contribution is 0.516. The molecular formula is C10H18N2. The van der Waals surface area contributed by atoms with Crippen molar-refractivity contribution >= 4 is 6.21 Å². The normalized spacial score (nSPS) is 21.5. The van der Waals surface area contributed by atoms with Crippen molar-refractivity contribution in [3.05, 3.63) is 12.7 Å². The van der Waals surface area contributed by atoms with Crippen LogP contribution in [0.5, 0.6) is 0 Å². The van der Waals surface area contributed by atoms with Crippen LogP contribution < -0.4 is 5.32 Å². The molecule has 1 aliphatic heterocycles. The topological polar surface area (TPSA) is 24.4 Å². The zero-order valence-corrected chi connectivity index (χ0v) is 7.63. The zero-order chi connectivity index (χ0) is 8.65. The molecule has 0 aliphatic carbocycles. The molecule has 12 heavy (non-hydrogen) atoms. The Morgan fingerprint density at radius 1 is 1.50 bits per heavy atom. The minimum absolute atomic E-state index is 0.411. The van der Waals surface area contributed by atoms with E-state index in [4.69, 9.17) is 0 Å². The maximum absolute atomic E-state index is 4.30. The van der Waals surface area contributed by atoms with E-state index in [0.29, 0.717) is 6.17 Å². The first kappa shape index (κ1) is 9.46. The van der Waals surface area contributed by atoms with Crippen LogP contribution in [0, 0.1) is 0 Å². The van der Waals surface area contributed by atoms with E-state index in [1.165, 1.54) is 25.7 Å². The van der Waals surface area contributed by atoms with Gasteiger partial charge in [-0.05, 0) is 25.7 Å². The van der Waals surface area contributed by atoms with Crippen LogP contribution in [0.1, 0.15) is 32.1 Å². The second kappa shape index (κ2) is 5.95. The van der Waals surface area contributed by atoms with Gasteiger partial charge in [0.2, 0.25) is 0 Å². The lowest BCUT2D eigenvalue weighted by atomic mass is 10.1. The number of aliphatic imine (C=N–C) groups is 1. The second-order valence-corrected chi connectivity index (χ2v) is 3.18. The highest BCUT2D eigenvalue weighted by Crippen LogP contribution is 2.07. The molecular weight excluding hydrogens is 148 g/mol. The highest BCUT2D eigenvalue weighted by molar-refractivity contribution is 5.61. The highest BCUT2D eigenvalue weighted by Gasteiger charge is 2.07. The Labute approximate surface area is 74.8 Å². The Morgan fingerprint density at radius 2 is 2.42 bits per heavy atom. The summed E-state index contributed by atoms with van der Waals surface area (Å²) in [5.41, 5.74) is 0. The van der Waals surface area contributed by atoms with Gasteiger partial charge in [-0.15, -0.1) is 6.58 Å². The summed E-state index contributed by atoms with van der Waals surface area (Å²) in [5, 5.41) is 3.31. The molecule has 0 fully saturated rings. The first-order chi connectivity index (χ1) is 5.93. The smallest absolute Gasteiger partial charge is 0.0993 e. The van der Waals surface area contributed by atoms with Crippen molar-refractivity contribution < 1.29 is 0 Å². The SMILES string of the molecule is C=CCCCCCC1N=CCN1. The molecule has 0 radical (unpaired) electrons. The van der Waals surface area contributed by atoms with Crippen LogP contribution in [0.4, 0.5) is 0 Å². The van der Waals surface area contributed by atoms with Crippen molar-refractivity contribution in [3.8, 4) is 0 Å². The monoisotopic (exact) mass is 166 g/mol. The molecule has 1 rings (SSSR count). The van der Waals surface area contributed by atoms with Gasteiger partial charge < -0.3 is 0 Å². The number of hydrogen-bond acceptors (Lipinski definition) is 2. The van der Waals surface area contributed by atoms with E-state index >= 15 is 0 Å². The van der Waals surface area contributed by atoms with Crippen LogP contribution in [0.3, 0.4) is 0 Å². The Bertz CT molecular complexity index is 152. The van der Waals surface area contributed by atoms with E-state index in [2.05, 4.69) is 16.9 Å². The molecule has 0 aromatic rings. The average molecular weight is 166 g/mol. The minimum Gasteiger partial charge on any atom is -0.291 e. The zero-order valence-electron chi connectivity index (χ0n) is 7.63. The number of unbranched alkanes of at least 4 members (excludes halogenated alkanes) is 3. The number of rotatable bonds is 6. The summed E-state index contributed by atoms with van der Waals surface area (Å²) in [7, 11) is 0. The highest BCUT2D eigenvalue weighted by atomic mass is 15.1. The van der Waals surface area contributed by atoms with Gasteiger partial charge in [-0.2, -0.15) is 0 Å². The van der Waals surface area contributed by atoms with Crippen molar-refractivity contribution in [1.29, 1.82) is 0 Å². The minimum atomic E-state index is 0.411. The lowest BCUT2D eigenvalue weighted by Crippen LogP contribution is -2.21. The first-order valence-electron chi connectivity index (χ1n) is 4.79. The molecule has 68 valence electrons. The summed E-state index contributed by atoms with van der Waals surface area (Å²) >= 11 is 0. The third-order valence-electron chi connectivity index (χ3n) is 2.12. The van der Waals surface area contributed by atoms with Gasteiger partial charge in [-0.1, -0.05) is 12.5 Å². The molecule has 0 aromatic heterocycles. The second-order valence-electron chi connectivity index (χ2n) is 3.18. The summed E-state index contributed by atoms with van der Waals surface area (Å²) in [6.07, 6.45) is 10.6. The van der Waals surface area contributed by atoms with Crippen molar-refractivity contribution in [2.24, 2.45) is 4.99 Å². The van der Waals surface area contributed by atoms with Gasteiger partial charge in [0, 0.05) is 12.8 Å². The molecule has 2 heteroatoms. The standard InChI is InChI=1S/C10H18N2/c1-2-3-4-5-6-7-10-11-8-9-12-10/h2,8,10,12H,1,3-7,9H2. The van der Waals surface area contributed by atoms with Gasteiger partial charge in [-0.3, -0.25) is 10.3 Å². The molecule has 0 amide bonds. The molecule has 0 aromatic carbocycles. The fraction of sp³-hybridized carbons (Fsp3) is 0.700. The van der Waals surface area contributed by atoms with Crippen LogP contribution in [0.25, 0.3) is 0 Å². The van der Waals surface area contributed by atoms with E-state index in [1.807, 2.05) is 12.3 Å². The van der Waals surface area contributed by atoms with Crippen LogP contribution in [-0.2, 0) is 0 Å². The van der Waals surface area contributed by atoms with E-state index in [0.717, 1.165) is 13.0 Å². The van der Waals surface area contributed by atoms with Crippen molar-refractivity contribution in [2.45, 2.75) is 38.3 Å². The first-order valence-corrected chi connectivity index (χ1v) is 4.79. The van der Waals surface area contributed by atoms with Gasteiger partial charge in [0.15, 0.2) is 0 Å². The molecule has 0 saturated carbocycles. The van der Waals surface area contributed by atoms with Gasteiger partial charge in [0.1, 0.15) is 0 Å². The van der Waals surface area contributed by atoms with E-state index in [-0.39, 0.29) is 0 Å². The van der Waals surface area contributed by atoms with Gasteiger partial charge in [0.05, 0.1) is 6.17 Å². The Morgan fingerprint density at radius 3 is 3.08 bits per heavy atom. The van der Waals surface area contributed by atoms with Crippen LogP contribution >= 0.6 is 0 Å². The molecule has 0 spiro atoms. The van der Waals surface area contributed by atoms with Crippen LogP contribution in [0.15, 0.2) is 17.6 Å². The maximum atomic E-state index is 4.30. The number of allylic oxidation sites excluding steroid dienone is 1. The molecule has 1 N–H and O–H groups in total. The van der Waals surface area contributed by atoms with Gasteiger partial charge in [-0.25, -0.2) is 0 Å². The Kier molecular flexibility index (Phi) is 4.69. The quantitative estimate of drug-likeness (QED) is 0.474. The average Bonchev–Trinajstić information content (AvgIpc) is 2.57. The Hall–Kier alpha value is -0.630. The molecule has 0 saturated heterocycles. The number of nitrogens with one attached hydrogen (secondary N) is 1. The summed E-state index contributed by atoms with van der Waals surface area (Å²) in [4.78, 5) is 4.30. The maximum Gasteiger partial charge on any atom is 0.0993 e. The van der Waals surface area contributed by atoms with Crippen molar-refractivity contribution in [1.82, 2.24) is 5.32 Å². The summed E-state index contributed by atoms with van der Waals surface area (Å²) < 4.78 is 0. The fourth-order valence-electron chi connectivity index (χ4n) is 1.40. The van der Waals surface area contributed by atoms with Crippen LogP contribution in [0.2, 0.25) is 0 Å². The van der Waals surface area contributed by atoms with Crippen LogP contribution in [-0.4, -0.2) is 18.9 Å². The summed E-state index contributed by atoms with van der Waals surface area (Å²) in [6.45, 7) is 4.66. The largest absolute Gasteiger partial charge is 0.291 e.